The van der Waals surface area contributed by atoms with Crippen molar-refractivity contribution in [3.63, 3.8) is 0 Å². The van der Waals surface area contributed by atoms with Gasteiger partial charge in [-0.05, 0) is 24.3 Å². The normalized spacial score (nSPS) is 14.5. The first-order valence-corrected chi connectivity index (χ1v) is 7.67. The van der Waals surface area contributed by atoms with Gasteiger partial charge in [0.2, 0.25) is 0 Å². The first-order chi connectivity index (χ1) is 10.3. The topological polar surface area (TPSA) is 63.2 Å². The summed E-state index contributed by atoms with van der Waals surface area (Å²) in [6, 6.07) is 7.67. The zero-order valence-electron chi connectivity index (χ0n) is 11.8. The molecule has 0 radical (unpaired) electrons. The zero-order chi connectivity index (χ0) is 14.7. The third-order valence-corrected chi connectivity index (χ3v) is 4.53. The Labute approximate surface area is 127 Å². The number of benzene rings is 1. The van der Waals surface area contributed by atoms with E-state index in [0.717, 1.165) is 36.0 Å². The lowest BCUT2D eigenvalue weighted by Crippen LogP contribution is -2.48. The fourth-order valence-electron chi connectivity index (χ4n) is 2.06. The van der Waals surface area contributed by atoms with Gasteiger partial charge in [-0.1, -0.05) is 0 Å². The quantitative estimate of drug-likeness (QED) is 0.883. The van der Waals surface area contributed by atoms with E-state index in [2.05, 4.69) is 15.6 Å². The predicted octanol–water partition coefficient (Wildman–Crippen LogP) is 1.77. The number of thiazole rings is 1. The molecule has 1 aromatic heterocycles. The van der Waals surface area contributed by atoms with Gasteiger partial charge >= 0.3 is 0 Å². The van der Waals surface area contributed by atoms with Gasteiger partial charge in [0, 0.05) is 31.1 Å². The average molecular weight is 303 g/mol. The molecule has 2 aromatic rings. The SMILES string of the molecule is COc1ccc(-c2ncc(C(=O)NCC3CNC3)s2)cc1. The number of carbonyl (C=O) groups is 1. The summed E-state index contributed by atoms with van der Waals surface area (Å²) < 4.78 is 5.13. The van der Waals surface area contributed by atoms with Crippen LogP contribution in [0, 0.1) is 5.92 Å². The number of methoxy groups -OCH3 is 1. The Hall–Kier alpha value is -1.92. The summed E-state index contributed by atoms with van der Waals surface area (Å²) in [5, 5.41) is 6.98. The Morgan fingerprint density at radius 1 is 1.43 bits per heavy atom. The molecule has 0 saturated carbocycles. The summed E-state index contributed by atoms with van der Waals surface area (Å²) in [7, 11) is 1.64. The van der Waals surface area contributed by atoms with E-state index >= 15 is 0 Å². The molecule has 1 aliphatic rings. The number of carbonyl (C=O) groups excluding carboxylic acids is 1. The van der Waals surface area contributed by atoms with Crippen LogP contribution in [0.3, 0.4) is 0 Å². The Balaban J connectivity index is 1.65. The number of hydrogen-bond donors (Lipinski definition) is 2. The number of amides is 1. The fraction of sp³-hybridized carbons (Fsp3) is 0.333. The third-order valence-electron chi connectivity index (χ3n) is 3.48. The molecular formula is C15H17N3O2S. The van der Waals surface area contributed by atoms with Gasteiger partial charge in [0.1, 0.15) is 15.6 Å². The Morgan fingerprint density at radius 3 is 2.81 bits per heavy atom. The molecule has 6 heteroatoms. The van der Waals surface area contributed by atoms with Crippen LogP contribution in [0.2, 0.25) is 0 Å². The first kappa shape index (κ1) is 14.0. The molecule has 1 fully saturated rings. The highest BCUT2D eigenvalue weighted by Gasteiger charge is 2.18. The summed E-state index contributed by atoms with van der Waals surface area (Å²) in [4.78, 5) is 17.0. The highest BCUT2D eigenvalue weighted by atomic mass is 32.1. The monoisotopic (exact) mass is 303 g/mol. The van der Waals surface area contributed by atoms with E-state index in [9.17, 15) is 4.79 Å². The Morgan fingerprint density at radius 2 is 2.19 bits per heavy atom. The van der Waals surface area contributed by atoms with Crippen molar-refractivity contribution in [2.75, 3.05) is 26.7 Å². The molecule has 2 N–H and O–H groups in total. The number of nitrogens with zero attached hydrogens (tertiary/aromatic N) is 1. The van der Waals surface area contributed by atoms with Crippen molar-refractivity contribution in [2.24, 2.45) is 5.92 Å². The van der Waals surface area contributed by atoms with E-state index < -0.39 is 0 Å². The molecule has 0 spiro atoms. The highest BCUT2D eigenvalue weighted by Crippen LogP contribution is 2.26. The van der Waals surface area contributed by atoms with Gasteiger partial charge in [0.25, 0.3) is 5.91 Å². The van der Waals surface area contributed by atoms with Gasteiger partial charge in [-0.15, -0.1) is 11.3 Å². The maximum Gasteiger partial charge on any atom is 0.263 e. The molecule has 1 amide bonds. The predicted molar refractivity (Wildman–Crippen MR) is 82.8 cm³/mol. The summed E-state index contributed by atoms with van der Waals surface area (Å²) >= 11 is 1.41. The van der Waals surface area contributed by atoms with Gasteiger partial charge in [-0.3, -0.25) is 4.79 Å². The van der Waals surface area contributed by atoms with Crippen molar-refractivity contribution >= 4 is 17.2 Å². The lowest BCUT2D eigenvalue weighted by Gasteiger charge is -2.26. The minimum absolute atomic E-state index is 0.0424. The molecule has 3 rings (SSSR count). The van der Waals surface area contributed by atoms with Crippen LogP contribution in [0.15, 0.2) is 30.5 Å². The molecular weight excluding hydrogens is 286 g/mol. The van der Waals surface area contributed by atoms with Crippen molar-refractivity contribution in [3.05, 3.63) is 35.3 Å². The van der Waals surface area contributed by atoms with E-state index in [0.29, 0.717) is 10.8 Å². The van der Waals surface area contributed by atoms with Crippen molar-refractivity contribution < 1.29 is 9.53 Å². The van der Waals surface area contributed by atoms with Crippen LogP contribution < -0.4 is 15.4 Å². The van der Waals surface area contributed by atoms with Crippen molar-refractivity contribution in [1.82, 2.24) is 15.6 Å². The lowest BCUT2D eigenvalue weighted by molar-refractivity contribution is 0.0946. The minimum atomic E-state index is -0.0424. The summed E-state index contributed by atoms with van der Waals surface area (Å²) in [6.07, 6.45) is 1.64. The van der Waals surface area contributed by atoms with Crippen LogP contribution in [0.1, 0.15) is 9.67 Å². The number of ether oxygens (including phenoxy) is 1. The van der Waals surface area contributed by atoms with E-state index in [4.69, 9.17) is 4.74 Å². The molecule has 0 atom stereocenters. The second-order valence-corrected chi connectivity index (χ2v) is 6.02. The highest BCUT2D eigenvalue weighted by molar-refractivity contribution is 7.16. The molecule has 5 nitrogen and oxygen atoms in total. The van der Waals surface area contributed by atoms with E-state index in [1.807, 2.05) is 24.3 Å². The maximum atomic E-state index is 12.1. The summed E-state index contributed by atoms with van der Waals surface area (Å²) in [5.74, 6) is 1.32. The molecule has 0 bridgehead atoms. The smallest absolute Gasteiger partial charge is 0.263 e. The number of aromatic nitrogens is 1. The van der Waals surface area contributed by atoms with E-state index in [-0.39, 0.29) is 5.91 Å². The number of hydrogen-bond acceptors (Lipinski definition) is 5. The second-order valence-electron chi connectivity index (χ2n) is 4.99. The molecule has 1 aromatic carbocycles. The van der Waals surface area contributed by atoms with Gasteiger partial charge in [0.15, 0.2) is 0 Å². The summed E-state index contributed by atoms with van der Waals surface area (Å²) in [5.41, 5.74) is 0.989. The molecule has 21 heavy (non-hydrogen) atoms. The second kappa shape index (κ2) is 6.24. The molecule has 1 saturated heterocycles. The molecule has 1 aliphatic heterocycles. The Kier molecular flexibility index (Phi) is 4.17. The fourth-order valence-corrected chi connectivity index (χ4v) is 2.90. The maximum absolute atomic E-state index is 12.1. The standard InChI is InChI=1S/C15H17N3O2S/c1-20-12-4-2-11(3-5-12)15-18-9-13(21-15)14(19)17-8-10-6-16-7-10/h2-5,9-10,16H,6-8H2,1H3,(H,17,19). The van der Waals surface area contributed by atoms with Crippen LogP contribution in [0.25, 0.3) is 10.6 Å². The number of rotatable bonds is 5. The van der Waals surface area contributed by atoms with Crippen LogP contribution in [0.4, 0.5) is 0 Å². The van der Waals surface area contributed by atoms with Crippen molar-refractivity contribution in [2.45, 2.75) is 0 Å². The Bertz CT molecular complexity index is 620. The molecule has 2 heterocycles. The van der Waals surface area contributed by atoms with Gasteiger partial charge in [-0.2, -0.15) is 0 Å². The van der Waals surface area contributed by atoms with Crippen molar-refractivity contribution in [1.29, 1.82) is 0 Å². The lowest BCUT2D eigenvalue weighted by atomic mass is 10.0. The van der Waals surface area contributed by atoms with Gasteiger partial charge in [-0.25, -0.2) is 4.98 Å². The van der Waals surface area contributed by atoms with E-state index in [1.165, 1.54) is 11.3 Å². The molecule has 0 unspecified atom stereocenters. The van der Waals surface area contributed by atoms with Gasteiger partial charge < -0.3 is 15.4 Å². The van der Waals surface area contributed by atoms with Crippen LogP contribution in [-0.4, -0.2) is 37.6 Å². The molecule has 110 valence electrons. The van der Waals surface area contributed by atoms with Gasteiger partial charge in [0.05, 0.1) is 13.3 Å². The summed E-state index contributed by atoms with van der Waals surface area (Å²) in [6.45, 7) is 2.70. The zero-order valence-corrected chi connectivity index (χ0v) is 12.6. The van der Waals surface area contributed by atoms with Crippen molar-refractivity contribution in [3.8, 4) is 16.3 Å². The number of nitrogens with one attached hydrogen (secondary N) is 2. The average Bonchev–Trinajstić information content (AvgIpc) is 2.95. The van der Waals surface area contributed by atoms with E-state index in [1.54, 1.807) is 13.3 Å². The largest absolute Gasteiger partial charge is 0.497 e. The van der Waals surface area contributed by atoms with Crippen LogP contribution >= 0.6 is 11.3 Å². The molecule has 0 aliphatic carbocycles. The first-order valence-electron chi connectivity index (χ1n) is 6.85. The third kappa shape index (κ3) is 3.22. The van der Waals surface area contributed by atoms with Crippen LogP contribution in [0.5, 0.6) is 5.75 Å². The minimum Gasteiger partial charge on any atom is -0.497 e. The van der Waals surface area contributed by atoms with Crippen LogP contribution in [-0.2, 0) is 0 Å².